The molecule has 0 atom stereocenters. The first-order valence-corrected chi connectivity index (χ1v) is 13.7. The molecule has 0 unspecified atom stereocenters. The Bertz CT molecular complexity index is 1210. The normalized spacial score (nSPS) is 19.9. The van der Waals surface area contributed by atoms with Gasteiger partial charge in [0.15, 0.2) is 0 Å². The van der Waals surface area contributed by atoms with Crippen LogP contribution in [0.5, 0.6) is 5.75 Å². The third kappa shape index (κ3) is 7.06. The van der Waals surface area contributed by atoms with Crippen LogP contribution in [-0.2, 0) is 16.6 Å². The first-order valence-electron chi connectivity index (χ1n) is 13.7. The van der Waals surface area contributed by atoms with E-state index in [1.165, 1.54) is 0 Å². The van der Waals surface area contributed by atoms with Gasteiger partial charge < -0.3 is 20.7 Å². The maximum Gasteiger partial charge on any atom is 0.255 e. The summed E-state index contributed by atoms with van der Waals surface area (Å²) < 4.78 is 7.65. The number of para-hydroxylation sites is 1. The van der Waals surface area contributed by atoms with E-state index in [1.54, 1.807) is 10.7 Å². The molecule has 1 spiro atoms. The molecule has 2 aliphatic heterocycles. The van der Waals surface area contributed by atoms with Crippen LogP contribution in [0.2, 0.25) is 0 Å². The summed E-state index contributed by atoms with van der Waals surface area (Å²) in [5, 5.41) is 13.4. The predicted molar refractivity (Wildman–Crippen MR) is 150 cm³/mol. The van der Waals surface area contributed by atoms with Crippen LogP contribution < -0.4 is 20.7 Å². The van der Waals surface area contributed by atoms with Crippen LogP contribution in [0.1, 0.15) is 53.8 Å². The van der Waals surface area contributed by atoms with Crippen LogP contribution >= 0.6 is 0 Å². The number of nitrogens with zero attached hydrogens (tertiary/aromatic N) is 3. The lowest BCUT2D eigenvalue weighted by atomic mass is 9.74. The van der Waals surface area contributed by atoms with Crippen LogP contribution in [0.4, 0.5) is 5.69 Å². The number of hydrogen-bond acceptors (Lipinski definition) is 6. The zero-order chi connectivity index (χ0) is 27.8. The fraction of sp³-hybridized carbons (Fsp3) is 0.517. The minimum absolute atomic E-state index is 0.0397. The molecule has 0 radical (unpaired) electrons. The van der Waals surface area contributed by atoms with E-state index in [-0.39, 0.29) is 24.3 Å². The highest BCUT2D eigenvalue weighted by Crippen LogP contribution is 2.36. The zero-order valence-electron chi connectivity index (χ0n) is 23.2. The predicted octanol–water partition coefficient (Wildman–Crippen LogP) is 2.72. The van der Waals surface area contributed by atoms with Crippen molar-refractivity contribution in [3.63, 3.8) is 0 Å². The summed E-state index contributed by atoms with van der Waals surface area (Å²) in [4.78, 5) is 40.9. The van der Waals surface area contributed by atoms with Gasteiger partial charge in [-0.3, -0.25) is 24.0 Å². The SMILES string of the molecule is Cc1nn(C)c(C)c1NC(=O)CN1CCC2(C/C=C\CCOc3ccccc3C(=O)NCCCNC2=O)CC1. The van der Waals surface area contributed by atoms with Crippen LogP contribution in [0.3, 0.4) is 0 Å². The van der Waals surface area contributed by atoms with Crippen molar-refractivity contribution < 1.29 is 19.1 Å². The molecule has 1 fully saturated rings. The quantitative estimate of drug-likeness (QED) is 0.520. The Balaban J connectivity index is 1.36. The van der Waals surface area contributed by atoms with Crippen LogP contribution in [0.15, 0.2) is 36.4 Å². The number of nitrogens with one attached hydrogen (secondary N) is 3. The maximum atomic E-state index is 13.4. The van der Waals surface area contributed by atoms with Crippen molar-refractivity contribution in [1.82, 2.24) is 25.3 Å². The molecule has 3 amide bonds. The molecule has 3 heterocycles. The maximum absolute atomic E-state index is 13.4. The molecule has 4 rings (SSSR count). The Labute approximate surface area is 230 Å². The van der Waals surface area contributed by atoms with E-state index in [0.29, 0.717) is 76.2 Å². The summed E-state index contributed by atoms with van der Waals surface area (Å²) >= 11 is 0. The smallest absolute Gasteiger partial charge is 0.255 e. The summed E-state index contributed by atoms with van der Waals surface area (Å²) in [5.74, 6) is 0.362. The number of likely N-dealkylation sites (tertiary alicyclic amines) is 1. The highest BCUT2D eigenvalue weighted by atomic mass is 16.5. The monoisotopic (exact) mass is 536 g/mol. The van der Waals surface area contributed by atoms with Crippen molar-refractivity contribution in [2.24, 2.45) is 12.5 Å². The number of hydrogen-bond donors (Lipinski definition) is 3. The first-order chi connectivity index (χ1) is 18.8. The Morgan fingerprint density at radius 3 is 2.59 bits per heavy atom. The molecule has 10 heteroatoms. The standard InChI is InChI=1S/C29H40N6O4/c1-21-26(22(2)34(3)33-21)32-25(36)20-35-17-13-29(14-18-35)12-7-4-8-19-39-24-11-6-5-10-23(24)27(37)30-15-9-16-31-28(29)38/h4-7,10-11H,8-9,12-20H2,1-3H3,(H,30,37)(H,31,38)(H,32,36)/b7-4-. The lowest BCUT2D eigenvalue weighted by Crippen LogP contribution is -2.50. The number of aryl methyl sites for hydroxylation is 2. The fourth-order valence-corrected chi connectivity index (χ4v) is 5.22. The van der Waals surface area contributed by atoms with E-state index in [1.807, 2.05) is 45.2 Å². The summed E-state index contributed by atoms with van der Waals surface area (Å²) in [5.41, 5.74) is 2.48. The van der Waals surface area contributed by atoms with Crippen molar-refractivity contribution >= 4 is 23.4 Å². The second kappa shape index (κ2) is 12.9. The molecular formula is C29H40N6O4. The lowest BCUT2D eigenvalue weighted by molar-refractivity contribution is -0.134. The van der Waals surface area contributed by atoms with Crippen LogP contribution in [0, 0.1) is 19.3 Å². The van der Waals surface area contributed by atoms with E-state index in [9.17, 15) is 14.4 Å². The van der Waals surface area contributed by atoms with Crippen LogP contribution in [-0.4, -0.2) is 71.7 Å². The number of rotatable bonds is 3. The van der Waals surface area contributed by atoms with Crippen LogP contribution in [0.25, 0.3) is 0 Å². The summed E-state index contributed by atoms with van der Waals surface area (Å²) in [6.07, 6.45) is 7.40. The van der Waals surface area contributed by atoms with Crippen molar-refractivity contribution in [2.45, 2.75) is 46.0 Å². The van der Waals surface area contributed by atoms with Crippen molar-refractivity contribution in [3.8, 4) is 5.75 Å². The molecule has 10 nitrogen and oxygen atoms in total. The fourth-order valence-electron chi connectivity index (χ4n) is 5.22. The van der Waals surface area contributed by atoms with Crippen molar-refractivity contribution in [3.05, 3.63) is 53.4 Å². The Hall–Kier alpha value is -3.66. The number of piperidine rings is 1. The first kappa shape index (κ1) is 28.4. The average Bonchev–Trinajstić information content (AvgIpc) is 3.16. The summed E-state index contributed by atoms with van der Waals surface area (Å²) in [7, 11) is 1.86. The minimum atomic E-state index is -0.520. The van der Waals surface area contributed by atoms with Gasteiger partial charge in [-0.25, -0.2) is 0 Å². The van der Waals surface area contributed by atoms with E-state index in [4.69, 9.17) is 4.74 Å². The number of fused-ring (bicyclic) bond motifs is 1. The summed E-state index contributed by atoms with van der Waals surface area (Å²) in [6, 6.07) is 7.24. The highest BCUT2D eigenvalue weighted by molar-refractivity contribution is 5.97. The highest BCUT2D eigenvalue weighted by Gasteiger charge is 2.40. The third-order valence-electron chi connectivity index (χ3n) is 7.71. The molecule has 1 aromatic carbocycles. The van der Waals surface area contributed by atoms with Gasteiger partial charge in [0.1, 0.15) is 5.75 Å². The van der Waals surface area contributed by atoms with E-state index < -0.39 is 5.41 Å². The topological polar surface area (TPSA) is 118 Å². The number of carbonyl (C=O) groups is 3. The van der Waals surface area contributed by atoms with E-state index >= 15 is 0 Å². The van der Waals surface area contributed by atoms with Crippen molar-refractivity contribution in [1.29, 1.82) is 0 Å². The molecule has 2 aliphatic rings. The number of ether oxygens (including phenoxy) is 1. The van der Waals surface area contributed by atoms with Gasteiger partial charge in [-0.05, 0) is 71.2 Å². The van der Waals surface area contributed by atoms with Gasteiger partial charge in [-0.2, -0.15) is 5.10 Å². The number of carbonyl (C=O) groups excluding carboxylic acids is 3. The molecular weight excluding hydrogens is 496 g/mol. The lowest BCUT2D eigenvalue weighted by Gasteiger charge is -2.40. The Morgan fingerprint density at radius 2 is 1.85 bits per heavy atom. The molecule has 0 aliphatic carbocycles. The van der Waals surface area contributed by atoms with Gasteiger partial charge in [0, 0.05) is 20.1 Å². The Kier molecular flexibility index (Phi) is 9.40. The number of allylic oxidation sites excluding steroid dienone is 1. The van der Waals surface area contributed by atoms with E-state index in [0.717, 1.165) is 17.1 Å². The molecule has 2 aromatic rings. The molecule has 210 valence electrons. The van der Waals surface area contributed by atoms with Gasteiger partial charge in [0.2, 0.25) is 11.8 Å². The number of anilines is 1. The largest absolute Gasteiger partial charge is 0.492 e. The van der Waals surface area contributed by atoms with Gasteiger partial charge >= 0.3 is 0 Å². The average molecular weight is 537 g/mol. The third-order valence-corrected chi connectivity index (χ3v) is 7.71. The molecule has 1 saturated heterocycles. The molecule has 0 saturated carbocycles. The molecule has 3 N–H and O–H groups in total. The second-order valence-corrected chi connectivity index (χ2v) is 10.4. The van der Waals surface area contributed by atoms with Gasteiger partial charge in [0.05, 0.1) is 41.2 Å². The van der Waals surface area contributed by atoms with Crippen molar-refractivity contribution in [2.75, 3.05) is 44.6 Å². The molecule has 0 bridgehead atoms. The van der Waals surface area contributed by atoms with E-state index in [2.05, 4.69) is 32.0 Å². The number of benzene rings is 1. The van der Waals surface area contributed by atoms with Gasteiger partial charge in [-0.1, -0.05) is 24.3 Å². The second-order valence-electron chi connectivity index (χ2n) is 10.4. The minimum Gasteiger partial charge on any atom is -0.492 e. The Morgan fingerprint density at radius 1 is 1.10 bits per heavy atom. The molecule has 1 aromatic heterocycles. The molecule has 39 heavy (non-hydrogen) atoms. The number of aromatic nitrogens is 2. The van der Waals surface area contributed by atoms with Gasteiger partial charge in [-0.15, -0.1) is 0 Å². The zero-order valence-corrected chi connectivity index (χ0v) is 23.2. The van der Waals surface area contributed by atoms with Gasteiger partial charge in [0.25, 0.3) is 5.91 Å². The summed E-state index contributed by atoms with van der Waals surface area (Å²) in [6.45, 7) is 6.80. The number of amides is 3.